The van der Waals surface area contributed by atoms with E-state index in [0.29, 0.717) is 22.9 Å². The van der Waals surface area contributed by atoms with Crippen molar-refractivity contribution < 1.29 is 9.53 Å². The number of ether oxygens (including phenoxy) is 1. The normalized spacial score (nSPS) is 12.6. The molecule has 0 aliphatic heterocycles. The number of carbonyl (C=O) groups is 1. The van der Waals surface area contributed by atoms with Crippen molar-refractivity contribution in [3.8, 4) is 23.0 Å². The molecule has 1 aliphatic carbocycles. The maximum atomic E-state index is 12.8. The number of hydrogen-bond acceptors (Lipinski definition) is 5. The summed E-state index contributed by atoms with van der Waals surface area (Å²) in [6.07, 6.45) is 3.44. The van der Waals surface area contributed by atoms with Crippen LogP contribution >= 0.6 is 0 Å². The lowest BCUT2D eigenvalue weighted by atomic mass is 9.97. The van der Waals surface area contributed by atoms with Gasteiger partial charge in [0.15, 0.2) is 0 Å². The Balaban J connectivity index is 1.51. The molecule has 0 unspecified atom stereocenters. The summed E-state index contributed by atoms with van der Waals surface area (Å²) in [7, 11) is 1.56. The van der Waals surface area contributed by atoms with Gasteiger partial charge < -0.3 is 10.1 Å². The summed E-state index contributed by atoms with van der Waals surface area (Å²) >= 11 is 0. The van der Waals surface area contributed by atoms with Gasteiger partial charge in [0.1, 0.15) is 11.6 Å². The number of nitrogens with zero attached hydrogens (tertiary/aromatic N) is 3. The highest BCUT2D eigenvalue weighted by Gasteiger charge is 2.20. The average molecular weight is 457 g/mol. The van der Waals surface area contributed by atoms with Crippen LogP contribution in [0.2, 0.25) is 0 Å². The van der Waals surface area contributed by atoms with Crippen molar-refractivity contribution in [3.63, 3.8) is 0 Å². The van der Waals surface area contributed by atoms with Crippen LogP contribution in [0.4, 0.5) is 16.3 Å². The summed E-state index contributed by atoms with van der Waals surface area (Å²) in [4.78, 5) is 33.1. The Kier molecular flexibility index (Phi) is 5.82. The smallest absolute Gasteiger partial charge is 0.324 e. The molecule has 172 valence electrons. The number of rotatable bonds is 5. The molecule has 0 radical (unpaired) electrons. The van der Waals surface area contributed by atoms with E-state index in [1.807, 2.05) is 30.3 Å². The first-order valence-corrected chi connectivity index (χ1v) is 11.1. The van der Waals surface area contributed by atoms with Gasteiger partial charge >= 0.3 is 6.03 Å². The van der Waals surface area contributed by atoms with E-state index in [1.165, 1.54) is 4.68 Å². The first-order chi connectivity index (χ1) is 16.6. The monoisotopic (exact) mass is 456 g/mol. The lowest BCUT2D eigenvalue weighted by Crippen LogP contribution is -2.25. The predicted octanol–water partition coefficient (Wildman–Crippen LogP) is 4.15. The molecule has 2 amide bonds. The molecule has 2 aromatic carbocycles. The molecule has 0 spiro atoms. The molecule has 2 heterocycles. The molecule has 1 aliphatic rings. The van der Waals surface area contributed by atoms with E-state index in [4.69, 9.17) is 4.74 Å². The molecule has 0 saturated carbocycles. The molecule has 0 bridgehead atoms. The molecule has 9 nitrogen and oxygen atoms in total. The molecule has 34 heavy (non-hydrogen) atoms. The fraction of sp³-hybridized carbons (Fsp3) is 0.200. The molecule has 5 rings (SSSR count). The molecule has 0 fully saturated rings. The number of aromatic amines is 1. The van der Waals surface area contributed by atoms with Crippen molar-refractivity contribution in [1.82, 2.24) is 19.7 Å². The number of aryl methyl sites for hydroxylation is 1. The highest BCUT2D eigenvalue weighted by Crippen LogP contribution is 2.25. The number of fused-ring (bicyclic) bond motifs is 1. The van der Waals surface area contributed by atoms with Gasteiger partial charge in [-0.15, -0.1) is 0 Å². The van der Waals surface area contributed by atoms with Crippen LogP contribution in [0, 0.1) is 0 Å². The molecule has 4 aromatic rings. The molecule has 2 aromatic heterocycles. The van der Waals surface area contributed by atoms with E-state index in [1.54, 1.807) is 37.4 Å². The summed E-state index contributed by atoms with van der Waals surface area (Å²) in [5.74, 6) is 1.27. The summed E-state index contributed by atoms with van der Waals surface area (Å²) < 4.78 is 6.67. The number of methoxy groups -OCH3 is 1. The van der Waals surface area contributed by atoms with Gasteiger partial charge in [0, 0.05) is 28.9 Å². The number of carbonyl (C=O) groups excluding carboxylic acids is 1. The van der Waals surface area contributed by atoms with Crippen molar-refractivity contribution >= 4 is 17.5 Å². The Bertz CT molecular complexity index is 1390. The molecule has 0 atom stereocenters. The summed E-state index contributed by atoms with van der Waals surface area (Å²) in [5, 5.41) is 10.3. The van der Waals surface area contributed by atoms with Crippen molar-refractivity contribution in [2.45, 2.75) is 25.7 Å². The zero-order chi connectivity index (χ0) is 23.5. The largest absolute Gasteiger partial charge is 0.497 e. The van der Waals surface area contributed by atoms with Crippen LogP contribution in [0.1, 0.15) is 24.1 Å². The highest BCUT2D eigenvalue weighted by molar-refractivity contribution is 5.99. The lowest BCUT2D eigenvalue weighted by Gasteiger charge is -2.15. The van der Waals surface area contributed by atoms with Crippen molar-refractivity contribution in [2.75, 3.05) is 17.7 Å². The summed E-state index contributed by atoms with van der Waals surface area (Å²) in [5.41, 5.74) is 3.44. The average Bonchev–Trinajstić information content (AvgIpc) is 3.28. The van der Waals surface area contributed by atoms with E-state index in [2.05, 4.69) is 25.7 Å². The summed E-state index contributed by atoms with van der Waals surface area (Å²) in [6.45, 7) is 0. The van der Waals surface area contributed by atoms with Gasteiger partial charge in [-0.05, 0) is 37.8 Å². The maximum Gasteiger partial charge on any atom is 0.324 e. The number of amides is 2. The number of aromatic nitrogens is 4. The summed E-state index contributed by atoms with van der Waals surface area (Å²) in [6, 6.07) is 17.9. The number of hydrogen-bond donors (Lipinski definition) is 3. The number of H-pyrrole nitrogens is 1. The van der Waals surface area contributed by atoms with Crippen molar-refractivity contribution in [1.29, 1.82) is 0 Å². The van der Waals surface area contributed by atoms with Gasteiger partial charge in [-0.1, -0.05) is 36.4 Å². The molecular weight excluding hydrogens is 432 g/mol. The minimum absolute atomic E-state index is 0.164. The Hall–Kier alpha value is -4.40. The Morgan fingerprint density at radius 2 is 1.85 bits per heavy atom. The Labute approximate surface area is 195 Å². The van der Waals surface area contributed by atoms with Crippen LogP contribution in [-0.2, 0) is 12.8 Å². The standard InChI is InChI=1S/C25H24N6O3/c1-34-18-11-7-10-17(14-18)26-25(33)28-22-15-21(16-8-3-2-4-9-16)30-31(22)24-27-20-13-6-5-12-19(20)23(32)29-24/h2-4,7-11,14-15H,5-6,12-13H2,1H3,(H2,26,28,33)(H,27,29,32). The highest BCUT2D eigenvalue weighted by atomic mass is 16.5. The van der Waals surface area contributed by atoms with Crippen molar-refractivity contribution in [3.05, 3.63) is 82.3 Å². The first-order valence-electron chi connectivity index (χ1n) is 11.1. The minimum Gasteiger partial charge on any atom is -0.497 e. The van der Waals surface area contributed by atoms with Gasteiger partial charge in [-0.3, -0.25) is 15.1 Å². The second-order valence-corrected chi connectivity index (χ2v) is 8.03. The Morgan fingerprint density at radius 3 is 2.68 bits per heavy atom. The van der Waals surface area contributed by atoms with Gasteiger partial charge in [0.2, 0.25) is 5.95 Å². The van der Waals surface area contributed by atoms with Gasteiger partial charge in [-0.2, -0.15) is 9.78 Å². The number of urea groups is 1. The quantitative estimate of drug-likeness (QED) is 0.417. The maximum absolute atomic E-state index is 12.8. The number of nitrogens with one attached hydrogen (secondary N) is 3. The first kappa shape index (κ1) is 21.4. The van der Waals surface area contributed by atoms with Crippen LogP contribution in [0.3, 0.4) is 0 Å². The van der Waals surface area contributed by atoms with E-state index >= 15 is 0 Å². The van der Waals surface area contributed by atoms with Crippen LogP contribution in [0.15, 0.2) is 65.5 Å². The zero-order valence-corrected chi connectivity index (χ0v) is 18.7. The topological polar surface area (TPSA) is 114 Å². The van der Waals surface area contributed by atoms with Crippen LogP contribution in [0.25, 0.3) is 17.2 Å². The number of anilines is 2. The van der Waals surface area contributed by atoms with Crippen LogP contribution < -0.4 is 20.9 Å². The number of benzene rings is 2. The molecule has 0 saturated heterocycles. The fourth-order valence-corrected chi connectivity index (χ4v) is 4.05. The van der Waals surface area contributed by atoms with E-state index in [-0.39, 0.29) is 11.5 Å². The van der Waals surface area contributed by atoms with Crippen LogP contribution in [0.5, 0.6) is 5.75 Å². The Morgan fingerprint density at radius 1 is 1.03 bits per heavy atom. The molecule has 3 N–H and O–H groups in total. The second kappa shape index (κ2) is 9.22. The van der Waals surface area contributed by atoms with Crippen LogP contribution in [-0.4, -0.2) is 32.9 Å². The SMILES string of the molecule is COc1cccc(NC(=O)Nc2cc(-c3ccccc3)nn2-c2nc3c(c(=O)[nH]2)CCCC3)c1. The van der Waals surface area contributed by atoms with E-state index in [9.17, 15) is 9.59 Å². The molecule has 9 heteroatoms. The minimum atomic E-state index is -0.464. The molecular formula is C25H24N6O3. The van der Waals surface area contributed by atoms with E-state index in [0.717, 1.165) is 42.5 Å². The third-order valence-corrected chi connectivity index (χ3v) is 5.73. The zero-order valence-electron chi connectivity index (χ0n) is 18.7. The lowest BCUT2D eigenvalue weighted by molar-refractivity contribution is 0.262. The fourth-order valence-electron chi connectivity index (χ4n) is 4.05. The van der Waals surface area contributed by atoms with Gasteiger partial charge in [-0.25, -0.2) is 9.78 Å². The van der Waals surface area contributed by atoms with Crippen molar-refractivity contribution in [2.24, 2.45) is 0 Å². The van der Waals surface area contributed by atoms with E-state index < -0.39 is 6.03 Å². The predicted molar refractivity (Wildman–Crippen MR) is 130 cm³/mol. The van der Waals surface area contributed by atoms with Gasteiger partial charge in [0.25, 0.3) is 5.56 Å². The third kappa shape index (κ3) is 4.40. The van der Waals surface area contributed by atoms with Gasteiger partial charge in [0.05, 0.1) is 18.5 Å². The third-order valence-electron chi connectivity index (χ3n) is 5.73. The second-order valence-electron chi connectivity index (χ2n) is 8.03.